The van der Waals surface area contributed by atoms with Crippen LogP contribution in [0, 0.1) is 0 Å². The van der Waals surface area contributed by atoms with Crippen LogP contribution >= 0.6 is 11.6 Å². The maximum atomic E-state index is 12.5. The maximum absolute atomic E-state index is 12.5. The van der Waals surface area contributed by atoms with Crippen molar-refractivity contribution in [1.82, 2.24) is 0 Å². The third-order valence-corrected chi connectivity index (χ3v) is 6.33. The van der Waals surface area contributed by atoms with E-state index in [1.54, 1.807) is 30.3 Å². The van der Waals surface area contributed by atoms with Crippen molar-refractivity contribution in [3.05, 3.63) is 83.4 Å². The molecule has 0 saturated heterocycles. The second-order valence-electron chi connectivity index (χ2n) is 6.11. The number of hydrogen-bond donors (Lipinski definition) is 1. The van der Waals surface area contributed by atoms with Crippen LogP contribution in [0.5, 0.6) is 0 Å². The molecule has 0 saturated carbocycles. The van der Waals surface area contributed by atoms with Crippen LogP contribution in [-0.2, 0) is 16.4 Å². The lowest BCUT2D eigenvalue weighted by Crippen LogP contribution is -2.15. The van der Waals surface area contributed by atoms with Crippen LogP contribution in [0.2, 0.25) is 5.02 Å². The van der Waals surface area contributed by atoms with Crippen molar-refractivity contribution in [3.63, 3.8) is 0 Å². The number of para-hydroxylation sites is 1. The van der Waals surface area contributed by atoms with E-state index in [2.05, 4.69) is 27.8 Å². The summed E-state index contributed by atoms with van der Waals surface area (Å²) in [6.07, 6.45) is 1.01. The number of rotatable bonds is 4. The van der Waals surface area contributed by atoms with Gasteiger partial charge in [0.15, 0.2) is 0 Å². The van der Waals surface area contributed by atoms with Crippen molar-refractivity contribution in [2.75, 3.05) is 16.2 Å². The van der Waals surface area contributed by atoms with Gasteiger partial charge in [0, 0.05) is 23.6 Å². The van der Waals surface area contributed by atoms with Crippen molar-refractivity contribution < 1.29 is 8.42 Å². The molecule has 0 spiro atoms. The first-order chi connectivity index (χ1) is 12.5. The summed E-state index contributed by atoms with van der Waals surface area (Å²) in [4.78, 5) is 2.31. The number of nitrogens with one attached hydrogen (secondary N) is 1. The van der Waals surface area contributed by atoms with Crippen LogP contribution in [0.4, 0.5) is 17.1 Å². The van der Waals surface area contributed by atoms with Gasteiger partial charge in [-0.1, -0.05) is 41.9 Å². The van der Waals surface area contributed by atoms with Crippen molar-refractivity contribution in [1.29, 1.82) is 0 Å². The molecule has 0 aromatic heterocycles. The Kier molecular flexibility index (Phi) is 4.34. The minimum Gasteiger partial charge on any atom is -0.341 e. The first-order valence-electron chi connectivity index (χ1n) is 8.27. The molecule has 0 amide bonds. The number of anilines is 3. The Morgan fingerprint density at radius 1 is 0.885 bits per heavy atom. The predicted molar refractivity (Wildman–Crippen MR) is 106 cm³/mol. The van der Waals surface area contributed by atoms with Gasteiger partial charge in [-0.15, -0.1) is 0 Å². The highest BCUT2D eigenvalue weighted by molar-refractivity contribution is 7.92. The standard InChI is InChI=1S/C20H17ClN2O2S/c21-18-6-2-4-8-20(18)26(24,25)22-16-9-11-17(12-10-16)23-14-13-15-5-1-3-7-19(15)23/h1-12,22H,13-14H2. The monoisotopic (exact) mass is 384 g/mol. The molecule has 0 aliphatic carbocycles. The Balaban J connectivity index is 1.57. The summed E-state index contributed by atoms with van der Waals surface area (Å²) in [6, 6.07) is 22.1. The van der Waals surface area contributed by atoms with Gasteiger partial charge in [-0.05, 0) is 54.4 Å². The summed E-state index contributed by atoms with van der Waals surface area (Å²) in [5, 5.41) is 0.199. The molecular formula is C20H17ClN2O2S. The first kappa shape index (κ1) is 16.9. The second kappa shape index (κ2) is 6.67. The van der Waals surface area contributed by atoms with Gasteiger partial charge >= 0.3 is 0 Å². The number of nitrogens with zero attached hydrogens (tertiary/aromatic N) is 1. The number of hydrogen-bond acceptors (Lipinski definition) is 3. The van der Waals surface area contributed by atoms with Gasteiger partial charge in [0.25, 0.3) is 10.0 Å². The topological polar surface area (TPSA) is 49.4 Å². The van der Waals surface area contributed by atoms with Crippen LogP contribution in [-0.4, -0.2) is 15.0 Å². The Hall–Kier alpha value is -2.50. The van der Waals surface area contributed by atoms with Crippen molar-refractivity contribution in [2.24, 2.45) is 0 Å². The van der Waals surface area contributed by atoms with Crippen LogP contribution in [0.1, 0.15) is 5.56 Å². The Bertz CT molecular complexity index is 1050. The largest absolute Gasteiger partial charge is 0.341 e. The maximum Gasteiger partial charge on any atom is 0.263 e. The molecule has 1 N–H and O–H groups in total. The molecule has 0 atom stereocenters. The Labute approximate surface area is 158 Å². The Morgan fingerprint density at radius 3 is 2.35 bits per heavy atom. The molecule has 1 aliphatic heterocycles. The SMILES string of the molecule is O=S(=O)(Nc1ccc(N2CCc3ccccc32)cc1)c1ccccc1Cl. The third-order valence-electron chi connectivity index (χ3n) is 4.44. The Morgan fingerprint density at radius 2 is 1.58 bits per heavy atom. The van der Waals surface area contributed by atoms with Gasteiger partial charge in [-0.3, -0.25) is 4.72 Å². The molecule has 3 aromatic rings. The lowest BCUT2D eigenvalue weighted by atomic mass is 10.2. The van der Waals surface area contributed by atoms with Crippen molar-refractivity contribution in [2.45, 2.75) is 11.3 Å². The summed E-state index contributed by atoms with van der Waals surface area (Å²) in [6.45, 7) is 0.921. The first-order valence-corrected chi connectivity index (χ1v) is 10.1. The summed E-state index contributed by atoms with van der Waals surface area (Å²) < 4.78 is 27.6. The zero-order valence-corrected chi connectivity index (χ0v) is 15.5. The summed E-state index contributed by atoms with van der Waals surface area (Å²) >= 11 is 6.01. The molecule has 0 unspecified atom stereocenters. The lowest BCUT2D eigenvalue weighted by Gasteiger charge is -2.20. The van der Waals surface area contributed by atoms with Crippen LogP contribution in [0.25, 0.3) is 0 Å². The number of fused-ring (bicyclic) bond motifs is 1. The molecule has 132 valence electrons. The van der Waals surface area contributed by atoms with Crippen molar-refractivity contribution >= 4 is 38.7 Å². The fourth-order valence-corrected chi connectivity index (χ4v) is 4.77. The van der Waals surface area contributed by atoms with Gasteiger partial charge in [0.2, 0.25) is 0 Å². The molecule has 6 heteroatoms. The normalized spacial score (nSPS) is 13.5. The number of halogens is 1. The van der Waals surface area contributed by atoms with E-state index in [4.69, 9.17) is 11.6 Å². The van der Waals surface area contributed by atoms with E-state index in [0.29, 0.717) is 5.69 Å². The highest BCUT2D eigenvalue weighted by Crippen LogP contribution is 2.34. The summed E-state index contributed by atoms with van der Waals surface area (Å²) in [5.74, 6) is 0. The minimum absolute atomic E-state index is 0.0687. The molecule has 0 bridgehead atoms. The van der Waals surface area contributed by atoms with Gasteiger partial charge in [-0.2, -0.15) is 0 Å². The highest BCUT2D eigenvalue weighted by Gasteiger charge is 2.20. The van der Waals surface area contributed by atoms with Crippen LogP contribution in [0.3, 0.4) is 0 Å². The second-order valence-corrected chi connectivity index (χ2v) is 8.17. The van der Waals surface area contributed by atoms with E-state index in [9.17, 15) is 8.42 Å². The zero-order valence-electron chi connectivity index (χ0n) is 13.9. The van der Waals surface area contributed by atoms with Crippen molar-refractivity contribution in [3.8, 4) is 0 Å². The predicted octanol–water partition coefficient (Wildman–Crippen LogP) is 4.84. The quantitative estimate of drug-likeness (QED) is 0.700. The van der Waals surface area contributed by atoms with Gasteiger partial charge in [0.1, 0.15) is 4.90 Å². The fourth-order valence-electron chi connectivity index (χ4n) is 3.19. The van der Waals surface area contributed by atoms with E-state index in [1.165, 1.54) is 17.3 Å². The minimum atomic E-state index is -3.72. The molecule has 4 rings (SSSR count). The molecule has 1 heterocycles. The van der Waals surface area contributed by atoms with E-state index in [-0.39, 0.29) is 9.92 Å². The van der Waals surface area contributed by atoms with Gasteiger partial charge < -0.3 is 4.90 Å². The zero-order chi connectivity index (χ0) is 18.1. The lowest BCUT2D eigenvalue weighted by molar-refractivity contribution is 0.601. The van der Waals surface area contributed by atoms with E-state index in [1.807, 2.05) is 18.2 Å². The smallest absolute Gasteiger partial charge is 0.263 e. The van der Waals surface area contributed by atoms with Crippen LogP contribution in [0.15, 0.2) is 77.7 Å². The van der Waals surface area contributed by atoms with Gasteiger partial charge in [-0.25, -0.2) is 8.42 Å². The summed E-state index contributed by atoms with van der Waals surface area (Å²) in [5.41, 5.74) is 4.07. The van der Waals surface area contributed by atoms with E-state index in [0.717, 1.165) is 18.7 Å². The third kappa shape index (κ3) is 3.16. The molecule has 3 aromatic carbocycles. The molecule has 1 aliphatic rings. The van der Waals surface area contributed by atoms with E-state index < -0.39 is 10.0 Å². The average molecular weight is 385 g/mol. The number of sulfonamides is 1. The highest BCUT2D eigenvalue weighted by atomic mass is 35.5. The molecular weight excluding hydrogens is 368 g/mol. The van der Waals surface area contributed by atoms with Gasteiger partial charge in [0.05, 0.1) is 5.02 Å². The molecule has 0 fully saturated rings. The molecule has 0 radical (unpaired) electrons. The average Bonchev–Trinajstić information content (AvgIpc) is 3.06. The fraction of sp³-hybridized carbons (Fsp3) is 0.100. The molecule has 4 nitrogen and oxygen atoms in total. The number of benzene rings is 3. The van der Waals surface area contributed by atoms with E-state index >= 15 is 0 Å². The molecule has 26 heavy (non-hydrogen) atoms. The van der Waals surface area contributed by atoms with Crippen LogP contribution < -0.4 is 9.62 Å². The summed E-state index contributed by atoms with van der Waals surface area (Å²) in [7, 11) is -3.72.